The van der Waals surface area contributed by atoms with Crippen LogP contribution in [0.5, 0.6) is 5.75 Å². The quantitative estimate of drug-likeness (QED) is 0.757. The van der Waals surface area contributed by atoms with Gasteiger partial charge in [0.1, 0.15) is 5.75 Å². The van der Waals surface area contributed by atoms with Gasteiger partial charge in [0.15, 0.2) is 5.69 Å². The van der Waals surface area contributed by atoms with Gasteiger partial charge in [0.05, 0.1) is 27.0 Å². The zero-order valence-electron chi connectivity index (χ0n) is 10.2. The van der Waals surface area contributed by atoms with Crippen molar-refractivity contribution in [1.29, 1.82) is 0 Å². The van der Waals surface area contributed by atoms with E-state index in [2.05, 4.69) is 15.0 Å². The smallest absolute Gasteiger partial charge is 0.360 e. The van der Waals surface area contributed by atoms with Crippen LogP contribution in [0.25, 0.3) is 0 Å². The Labute approximate surface area is 104 Å². The van der Waals surface area contributed by atoms with E-state index in [1.54, 1.807) is 11.8 Å². The predicted octanol–water partition coefficient (Wildman–Crippen LogP) is 1.12. The first kappa shape index (κ1) is 12.1. The minimum Gasteiger partial charge on any atom is -0.496 e. The standard InChI is InChI=1S/C12H13N3O3/c1-17-11-6-4-3-5-9(11)7-15-8-10(13-14-15)12(16)18-2/h3-6,8H,7H2,1-2H3. The molecule has 0 fully saturated rings. The fourth-order valence-electron chi connectivity index (χ4n) is 1.58. The molecule has 6 nitrogen and oxygen atoms in total. The Bertz CT molecular complexity index is 551. The molecule has 0 N–H and O–H groups in total. The lowest BCUT2D eigenvalue weighted by molar-refractivity contribution is 0.0594. The van der Waals surface area contributed by atoms with E-state index >= 15 is 0 Å². The molecule has 0 spiro atoms. The van der Waals surface area contributed by atoms with Crippen molar-refractivity contribution in [3.05, 3.63) is 41.7 Å². The van der Waals surface area contributed by atoms with E-state index in [1.807, 2.05) is 24.3 Å². The van der Waals surface area contributed by atoms with E-state index < -0.39 is 5.97 Å². The van der Waals surface area contributed by atoms with Crippen molar-refractivity contribution in [2.75, 3.05) is 14.2 Å². The third-order valence-corrected chi connectivity index (χ3v) is 2.46. The first-order valence-electron chi connectivity index (χ1n) is 5.35. The maximum Gasteiger partial charge on any atom is 0.360 e. The molecule has 1 aromatic carbocycles. The molecule has 0 atom stereocenters. The number of esters is 1. The molecule has 18 heavy (non-hydrogen) atoms. The number of ether oxygens (including phenoxy) is 2. The Morgan fingerprint density at radius 3 is 2.83 bits per heavy atom. The van der Waals surface area contributed by atoms with Crippen LogP contribution in [0.1, 0.15) is 16.1 Å². The van der Waals surface area contributed by atoms with E-state index in [0.29, 0.717) is 6.54 Å². The van der Waals surface area contributed by atoms with Crippen LogP contribution in [0.4, 0.5) is 0 Å². The molecule has 0 saturated carbocycles. The van der Waals surface area contributed by atoms with Gasteiger partial charge >= 0.3 is 5.97 Å². The van der Waals surface area contributed by atoms with Gasteiger partial charge in [0.2, 0.25) is 0 Å². The zero-order chi connectivity index (χ0) is 13.0. The van der Waals surface area contributed by atoms with Crippen LogP contribution in [0.2, 0.25) is 0 Å². The van der Waals surface area contributed by atoms with Crippen molar-refractivity contribution < 1.29 is 14.3 Å². The topological polar surface area (TPSA) is 66.2 Å². The average Bonchev–Trinajstić information content (AvgIpc) is 2.87. The molecule has 6 heteroatoms. The second-order valence-electron chi connectivity index (χ2n) is 3.60. The van der Waals surface area contributed by atoms with Gasteiger partial charge in [-0.15, -0.1) is 5.10 Å². The van der Waals surface area contributed by atoms with E-state index in [0.717, 1.165) is 11.3 Å². The molecule has 0 radical (unpaired) electrons. The molecule has 2 aromatic rings. The average molecular weight is 247 g/mol. The second-order valence-corrected chi connectivity index (χ2v) is 3.60. The summed E-state index contributed by atoms with van der Waals surface area (Å²) in [6, 6.07) is 7.60. The van der Waals surface area contributed by atoms with Crippen molar-refractivity contribution in [2.45, 2.75) is 6.54 Å². The molecule has 0 aliphatic rings. The van der Waals surface area contributed by atoms with Gasteiger partial charge in [-0.1, -0.05) is 23.4 Å². The lowest BCUT2D eigenvalue weighted by atomic mass is 10.2. The van der Waals surface area contributed by atoms with E-state index in [1.165, 1.54) is 13.3 Å². The fourth-order valence-corrected chi connectivity index (χ4v) is 1.58. The second kappa shape index (κ2) is 5.31. The molecule has 0 saturated heterocycles. The van der Waals surface area contributed by atoms with Crippen molar-refractivity contribution in [1.82, 2.24) is 15.0 Å². The molecule has 0 aliphatic carbocycles. The van der Waals surface area contributed by atoms with Crippen LogP contribution in [0.3, 0.4) is 0 Å². The monoisotopic (exact) mass is 247 g/mol. The number of hydrogen-bond donors (Lipinski definition) is 0. The Hall–Kier alpha value is -2.37. The lowest BCUT2D eigenvalue weighted by Crippen LogP contribution is -2.03. The summed E-state index contributed by atoms with van der Waals surface area (Å²) in [7, 11) is 2.92. The number of aromatic nitrogens is 3. The van der Waals surface area contributed by atoms with Crippen LogP contribution in [0.15, 0.2) is 30.5 Å². The van der Waals surface area contributed by atoms with Crippen molar-refractivity contribution >= 4 is 5.97 Å². The zero-order valence-corrected chi connectivity index (χ0v) is 10.2. The first-order valence-corrected chi connectivity index (χ1v) is 5.35. The van der Waals surface area contributed by atoms with E-state index in [9.17, 15) is 4.79 Å². The highest BCUT2D eigenvalue weighted by Gasteiger charge is 2.11. The summed E-state index contributed by atoms with van der Waals surface area (Å²) in [6.07, 6.45) is 1.54. The molecule has 0 amide bonds. The van der Waals surface area contributed by atoms with Crippen molar-refractivity contribution in [3.63, 3.8) is 0 Å². The number of carbonyl (C=O) groups excluding carboxylic acids is 1. The third kappa shape index (κ3) is 2.48. The van der Waals surface area contributed by atoms with Gasteiger partial charge < -0.3 is 9.47 Å². The number of carbonyl (C=O) groups is 1. The van der Waals surface area contributed by atoms with Crippen LogP contribution in [-0.4, -0.2) is 35.2 Å². The number of nitrogens with zero attached hydrogens (tertiary/aromatic N) is 3. The van der Waals surface area contributed by atoms with E-state index in [4.69, 9.17) is 4.74 Å². The Balaban J connectivity index is 2.19. The Morgan fingerprint density at radius 1 is 1.33 bits per heavy atom. The van der Waals surface area contributed by atoms with Crippen LogP contribution in [-0.2, 0) is 11.3 Å². The molecule has 1 heterocycles. The highest BCUT2D eigenvalue weighted by molar-refractivity contribution is 5.86. The number of hydrogen-bond acceptors (Lipinski definition) is 5. The van der Waals surface area contributed by atoms with Crippen molar-refractivity contribution in [2.24, 2.45) is 0 Å². The van der Waals surface area contributed by atoms with Crippen molar-refractivity contribution in [3.8, 4) is 5.75 Å². The van der Waals surface area contributed by atoms with Crippen LogP contribution in [0, 0.1) is 0 Å². The molecule has 0 unspecified atom stereocenters. The first-order chi connectivity index (χ1) is 8.74. The number of methoxy groups -OCH3 is 2. The minimum absolute atomic E-state index is 0.187. The molecule has 1 aromatic heterocycles. The fraction of sp³-hybridized carbons (Fsp3) is 0.250. The lowest BCUT2D eigenvalue weighted by Gasteiger charge is -2.07. The van der Waals surface area contributed by atoms with Gasteiger partial charge in [-0.25, -0.2) is 9.48 Å². The maximum atomic E-state index is 11.2. The normalized spacial score (nSPS) is 10.1. The minimum atomic E-state index is -0.499. The highest BCUT2D eigenvalue weighted by Crippen LogP contribution is 2.18. The summed E-state index contributed by atoms with van der Waals surface area (Å²) in [4.78, 5) is 11.2. The predicted molar refractivity (Wildman–Crippen MR) is 63.5 cm³/mol. The van der Waals surface area contributed by atoms with Gasteiger partial charge in [0.25, 0.3) is 0 Å². The molecule has 0 aliphatic heterocycles. The van der Waals surface area contributed by atoms with Gasteiger partial charge in [-0.3, -0.25) is 0 Å². The van der Waals surface area contributed by atoms with Gasteiger partial charge in [-0.2, -0.15) is 0 Å². The Morgan fingerprint density at radius 2 is 2.11 bits per heavy atom. The maximum absolute atomic E-state index is 11.2. The van der Waals surface area contributed by atoms with E-state index in [-0.39, 0.29) is 5.69 Å². The summed E-state index contributed by atoms with van der Waals surface area (Å²) in [5, 5.41) is 7.60. The summed E-state index contributed by atoms with van der Waals surface area (Å²) in [5.74, 6) is 0.272. The largest absolute Gasteiger partial charge is 0.496 e. The summed E-state index contributed by atoms with van der Waals surface area (Å²) in [6.45, 7) is 0.480. The Kier molecular flexibility index (Phi) is 3.57. The van der Waals surface area contributed by atoms with Crippen LogP contribution < -0.4 is 4.74 Å². The number of benzene rings is 1. The van der Waals surface area contributed by atoms with Gasteiger partial charge in [0, 0.05) is 5.56 Å². The molecule has 94 valence electrons. The number of para-hydroxylation sites is 1. The third-order valence-electron chi connectivity index (χ3n) is 2.46. The number of rotatable bonds is 4. The summed E-state index contributed by atoms with van der Waals surface area (Å²) < 4.78 is 11.4. The molecular weight excluding hydrogens is 234 g/mol. The molecular formula is C12H13N3O3. The highest BCUT2D eigenvalue weighted by atomic mass is 16.5. The van der Waals surface area contributed by atoms with Gasteiger partial charge in [-0.05, 0) is 6.07 Å². The molecule has 2 rings (SSSR count). The summed E-state index contributed by atoms with van der Waals surface area (Å²) in [5.41, 5.74) is 1.15. The SMILES string of the molecule is COC(=O)c1cn(Cc2ccccc2OC)nn1. The molecule has 0 bridgehead atoms. The summed E-state index contributed by atoms with van der Waals surface area (Å²) >= 11 is 0. The van der Waals surface area contributed by atoms with Crippen LogP contribution >= 0.6 is 0 Å².